The fraction of sp³-hybridized carbons (Fsp3) is 0.222. The third-order valence-electron chi connectivity index (χ3n) is 4.10. The molecule has 0 saturated carbocycles. The number of nitrogen functional groups attached to an aromatic ring is 1. The molecule has 1 aliphatic rings. The molecule has 3 rings (SSSR count). The highest BCUT2D eigenvalue weighted by Gasteiger charge is 2.20. The standard InChI is InChI=1S/C18H17Cl2N3O2/c19-14-8-13(9-15(20)17(14)21)22-18(25)12-5-3-11(4-6-12)10-23-7-1-2-16(23)24/h3-6,8-9H,1-2,7,10,21H2,(H,22,25). The van der Waals surface area contributed by atoms with Crippen LogP contribution in [-0.4, -0.2) is 23.3 Å². The summed E-state index contributed by atoms with van der Waals surface area (Å²) >= 11 is 11.9. The van der Waals surface area contributed by atoms with Crippen LogP contribution in [-0.2, 0) is 11.3 Å². The fourth-order valence-corrected chi connectivity index (χ4v) is 3.20. The van der Waals surface area contributed by atoms with Crippen molar-refractivity contribution in [2.24, 2.45) is 0 Å². The van der Waals surface area contributed by atoms with Crippen LogP contribution >= 0.6 is 23.2 Å². The highest BCUT2D eigenvalue weighted by Crippen LogP contribution is 2.31. The first-order valence-corrected chi connectivity index (χ1v) is 8.62. The van der Waals surface area contributed by atoms with Gasteiger partial charge in [-0.1, -0.05) is 35.3 Å². The van der Waals surface area contributed by atoms with Gasteiger partial charge in [0.1, 0.15) is 0 Å². The second-order valence-corrected chi connectivity index (χ2v) is 6.74. The van der Waals surface area contributed by atoms with Crippen molar-refractivity contribution in [1.29, 1.82) is 0 Å². The monoisotopic (exact) mass is 377 g/mol. The lowest BCUT2D eigenvalue weighted by molar-refractivity contribution is -0.128. The summed E-state index contributed by atoms with van der Waals surface area (Å²) in [5.41, 5.74) is 7.93. The van der Waals surface area contributed by atoms with Crippen molar-refractivity contribution in [1.82, 2.24) is 4.90 Å². The minimum absolute atomic E-state index is 0.180. The molecule has 2 aromatic rings. The van der Waals surface area contributed by atoms with Gasteiger partial charge in [0.25, 0.3) is 5.91 Å². The zero-order valence-corrected chi connectivity index (χ0v) is 14.9. The molecule has 2 amide bonds. The van der Waals surface area contributed by atoms with E-state index in [9.17, 15) is 9.59 Å². The molecule has 25 heavy (non-hydrogen) atoms. The zero-order chi connectivity index (χ0) is 18.0. The van der Waals surface area contributed by atoms with Gasteiger partial charge in [0.15, 0.2) is 0 Å². The average molecular weight is 378 g/mol. The van der Waals surface area contributed by atoms with E-state index in [2.05, 4.69) is 5.32 Å². The number of hydrogen-bond donors (Lipinski definition) is 2. The number of carbonyl (C=O) groups excluding carboxylic acids is 2. The Labute approximate surface area is 155 Å². The first-order chi connectivity index (χ1) is 11.9. The predicted octanol–water partition coefficient (Wildman–Crippen LogP) is 3.95. The van der Waals surface area contributed by atoms with Crippen molar-refractivity contribution in [2.45, 2.75) is 19.4 Å². The summed E-state index contributed by atoms with van der Waals surface area (Å²) in [5, 5.41) is 3.31. The van der Waals surface area contributed by atoms with Crippen LogP contribution in [0.3, 0.4) is 0 Å². The number of benzene rings is 2. The molecule has 7 heteroatoms. The molecule has 2 aromatic carbocycles. The van der Waals surface area contributed by atoms with E-state index in [1.54, 1.807) is 24.3 Å². The first-order valence-electron chi connectivity index (χ1n) is 7.86. The minimum Gasteiger partial charge on any atom is -0.396 e. The number of nitrogens with two attached hydrogens (primary N) is 1. The number of likely N-dealkylation sites (tertiary alicyclic amines) is 1. The second-order valence-electron chi connectivity index (χ2n) is 5.92. The van der Waals surface area contributed by atoms with Gasteiger partial charge in [-0.05, 0) is 36.2 Å². The van der Waals surface area contributed by atoms with E-state index < -0.39 is 0 Å². The number of rotatable bonds is 4. The Kier molecular flexibility index (Phi) is 5.16. The average Bonchev–Trinajstić information content (AvgIpc) is 2.98. The van der Waals surface area contributed by atoms with Crippen LogP contribution in [0, 0.1) is 0 Å². The lowest BCUT2D eigenvalue weighted by atomic mass is 10.1. The topological polar surface area (TPSA) is 75.4 Å². The van der Waals surface area contributed by atoms with Gasteiger partial charge in [-0.2, -0.15) is 0 Å². The zero-order valence-electron chi connectivity index (χ0n) is 13.4. The summed E-state index contributed by atoms with van der Waals surface area (Å²) in [5.74, 6) is -0.0976. The maximum atomic E-state index is 12.3. The Bertz CT molecular complexity index is 799. The number of carbonyl (C=O) groups is 2. The van der Waals surface area contributed by atoms with Crippen molar-refractivity contribution in [3.63, 3.8) is 0 Å². The summed E-state index contributed by atoms with van der Waals surface area (Å²) < 4.78 is 0. The van der Waals surface area contributed by atoms with Gasteiger partial charge in [0.2, 0.25) is 5.91 Å². The minimum atomic E-state index is -0.277. The van der Waals surface area contributed by atoms with Gasteiger partial charge in [0, 0.05) is 30.8 Å². The van der Waals surface area contributed by atoms with E-state index >= 15 is 0 Å². The molecule has 0 aromatic heterocycles. The van der Waals surface area contributed by atoms with Gasteiger partial charge in [-0.25, -0.2) is 0 Å². The smallest absolute Gasteiger partial charge is 0.255 e. The molecule has 0 unspecified atom stereocenters. The van der Waals surface area contributed by atoms with Crippen molar-refractivity contribution in [3.8, 4) is 0 Å². The van der Waals surface area contributed by atoms with Crippen LogP contribution in [0.4, 0.5) is 11.4 Å². The van der Waals surface area contributed by atoms with Gasteiger partial charge < -0.3 is 16.0 Å². The number of amides is 2. The first kappa shape index (κ1) is 17.6. The van der Waals surface area contributed by atoms with E-state index in [1.165, 1.54) is 0 Å². The molecule has 0 bridgehead atoms. The lowest BCUT2D eigenvalue weighted by Crippen LogP contribution is -2.23. The molecule has 1 aliphatic heterocycles. The molecule has 1 saturated heterocycles. The summed E-state index contributed by atoms with van der Waals surface area (Å²) in [6.07, 6.45) is 1.53. The molecule has 3 N–H and O–H groups in total. The maximum Gasteiger partial charge on any atom is 0.255 e. The van der Waals surface area contributed by atoms with Crippen LogP contribution < -0.4 is 11.1 Å². The molecule has 0 atom stereocenters. The quantitative estimate of drug-likeness (QED) is 0.791. The number of nitrogens with one attached hydrogen (secondary N) is 1. The maximum absolute atomic E-state index is 12.3. The van der Waals surface area contributed by atoms with E-state index in [0.717, 1.165) is 18.5 Å². The lowest BCUT2D eigenvalue weighted by Gasteiger charge is -2.15. The Balaban J connectivity index is 1.67. The molecule has 1 fully saturated rings. The van der Waals surface area contributed by atoms with Crippen molar-refractivity contribution in [2.75, 3.05) is 17.6 Å². The Morgan fingerprint density at radius 1 is 1.16 bits per heavy atom. The summed E-state index contributed by atoms with van der Waals surface area (Å²) in [6, 6.07) is 10.3. The Hall–Kier alpha value is -2.24. The SMILES string of the molecule is Nc1c(Cl)cc(NC(=O)c2ccc(CN3CCCC3=O)cc2)cc1Cl. The Morgan fingerprint density at radius 3 is 2.36 bits per heavy atom. The molecule has 0 radical (unpaired) electrons. The molecule has 5 nitrogen and oxygen atoms in total. The van der Waals surface area contributed by atoms with Crippen LogP contribution in [0.5, 0.6) is 0 Å². The van der Waals surface area contributed by atoms with Gasteiger partial charge in [0.05, 0.1) is 15.7 Å². The largest absolute Gasteiger partial charge is 0.396 e. The van der Waals surface area contributed by atoms with Crippen LogP contribution in [0.15, 0.2) is 36.4 Å². The van der Waals surface area contributed by atoms with Gasteiger partial charge in [-0.3, -0.25) is 9.59 Å². The summed E-state index contributed by atoms with van der Waals surface area (Å²) in [6.45, 7) is 1.36. The van der Waals surface area contributed by atoms with Crippen molar-refractivity contribution in [3.05, 3.63) is 57.6 Å². The number of anilines is 2. The van der Waals surface area contributed by atoms with Gasteiger partial charge in [-0.15, -0.1) is 0 Å². The summed E-state index contributed by atoms with van der Waals surface area (Å²) in [4.78, 5) is 25.8. The summed E-state index contributed by atoms with van der Waals surface area (Å²) in [7, 11) is 0. The normalized spacial score (nSPS) is 14.0. The number of nitrogens with zero attached hydrogens (tertiary/aromatic N) is 1. The molecule has 0 spiro atoms. The predicted molar refractivity (Wildman–Crippen MR) is 99.9 cm³/mol. The van der Waals surface area contributed by atoms with Crippen molar-refractivity contribution < 1.29 is 9.59 Å². The second kappa shape index (κ2) is 7.33. The van der Waals surface area contributed by atoms with Gasteiger partial charge >= 0.3 is 0 Å². The van der Waals surface area contributed by atoms with E-state index in [4.69, 9.17) is 28.9 Å². The Morgan fingerprint density at radius 2 is 1.80 bits per heavy atom. The fourth-order valence-electron chi connectivity index (χ4n) is 2.71. The third-order valence-corrected chi connectivity index (χ3v) is 4.72. The highest BCUT2D eigenvalue weighted by molar-refractivity contribution is 6.39. The number of hydrogen-bond acceptors (Lipinski definition) is 3. The van der Waals surface area contributed by atoms with E-state index in [-0.39, 0.29) is 27.5 Å². The highest BCUT2D eigenvalue weighted by atomic mass is 35.5. The number of halogens is 2. The van der Waals surface area contributed by atoms with Crippen LogP contribution in [0.25, 0.3) is 0 Å². The molecule has 1 heterocycles. The molecular weight excluding hydrogens is 361 g/mol. The molecule has 0 aliphatic carbocycles. The van der Waals surface area contributed by atoms with Crippen LogP contribution in [0.1, 0.15) is 28.8 Å². The molecular formula is C18H17Cl2N3O2. The third kappa shape index (κ3) is 4.06. The van der Waals surface area contributed by atoms with Crippen LogP contribution in [0.2, 0.25) is 10.0 Å². The van der Waals surface area contributed by atoms with E-state index in [1.807, 2.05) is 17.0 Å². The van der Waals surface area contributed by atoms with E-state index in [0.29, 0.717) is 24.2 Å². The molecule has 130 valence electrons. The van der Waals surface area contributed by atoms with Crippen molar-refractivity contribution >= 4 is 46.4 Å².